The molecule has 4 heteroatoms. The Hall–Kier alpha value is -1.29. The Labute approximate surface area is 104 Å². The number of hydrogen-bond acceptors (Lipinski definition) is 4. The van der Waals surface area contributed by atoms with Gasteiger partial charge in [0.1, 0.15) is 5.82 Å². The highest BCUT2D eigenvalue weighted by Crippen LogP contribution is 2.15. The van der Waals surface area contributed by atoms with Crippen LogP contribution in [-0.2, 0) is 4.74 Å². The van der Waals surface area contributed by atoms with Crippen LogP contribution < -0.4 is 10.6 Å². The van der Waals surface area contributed by atoms with Gasteiger partial charge in [-0.1, -0.05) is 13.8 Å². The standard InChI is InChI=1S/C13H23N3O/c1-5-14-13-8-11(6-7-15-13)16-12(9-17-4)10(2)3/h6-8,10,12H,5,9H2,1-4H3,(H2,14,15,16). The summed E-state index contributed by atoms with van der Waals surface area (Å²) in [5.41, 5.74) is 1.08. The summed E-state index contributed by atoms with van der Waals surface area (Å²) in [7, 11) is 1.73. The summed E-state index contributed by atoms with van der Waals surface area (Å²) < 4.78 is 5.22. The third kappa shape index (κ3) is 4.61. The van der Waals surface area contributed by atoms with Gasteiger partial charge in [0, 0.05) is 31.6 Å². The predicted molar refractivity (Wildman–Crippen MR) is 72.5 cm³/mol. The van der Waals surface area contributed by atoms with Crippen LogP contribution in [0, 0.1) is 5.92 Å². The molecule has 0 aliphatic heterocycles. The van der Waals surface area contributed by atoms with Crippen molar-refractivity contribution in [3.05, 3.63) is 18.3 Å². The largest absolute Gasteiger partial charge is 0.383 e. The van der Waals surface area contributed by atoms with Crippen molar-refractivity contribution in [1.29, 1.82) is 0 Å². The van der Waals surface area contributed by atoms with Crippen LogP contribution in [0.1, 0.15) is 20.8 Å². The molecule has 2 N–H and O–H groups in total. The van der Waals surface area contributed by atoms with Crippen LogP contribution in [0.5, 0.6) is 0 Å². The molecular weight excluding hydrogens is 214 g/mol. The van der Waals surface area contributed by atoms with E-state index in [0.717, 1.165) is 18.1 Å². The summed E-state index contributed by atoms with van der Waals surface area (Å²) in [5, 5.41) is 6.67. The number of rotatable bonds is 7. The molecule has 0 saturated carbocycles. The van der Waals surface area contributed by atoms with Crippen molar-refractivity contribution in [1.82, 2.24) is 4.98 Å². The normalized spacial score (nSPS) is 12.5. The second-order valence-electron chi connectivity index (χ2n) is 4.41. The first-order valence-corrected chi connectivity index (χ1v) is 6.12. The van der Waals surface area contributed by atoms with Crippen molar-refractivity contribution >= 4 is 11.5 Å². The molecule has 96 valence electrons. The van der Waals surface area contributed by atoms with Crippen molar-refractivity contribution in [3.8, 4) is 0 Å². The number of ether oxygens (including phenoxy) is 1. The number of nitrogens with one attached hydrogen (secondary N) is 2. The van der Waals surface area contributed by atoms with Gasteiger partial charge in [0.05, 0.1) is 12.6 Å². The van der Waals surface area contributed by atoms with Crippen molar-refractivity contribution in [3.63, 3.8) is 0 Å². The molecule has 0 bridgehead atoms. The fourth-order valence-electron chi connectivity index (χ4n) is 1.59. The smallest absolute Gasteiger partial charge is 0.127 e. The Morgan fingerprint density at radius 3 is 2.76 bits per heavy atom. The zero-order valence-corrected chi connectivity index (χ0v) is 11.2. The quantitative estimate of drug-likeness (QED) is 0.765. The average molecular weight is 237 g/mol. The van der Waals surface area contributed by atoms with Crippen LogP contribution in [0.15, 0.2) is 18.3 Å². The van der Waals surface area contributed by atoms with Crippen LogP contribution in [-0.4, -0.2) is 31.3 Å². The minimum atomic E-state index is 0.317. The lowest BCUT2D eigenvalue weighted by Gasteiger charge is -2.22. The molecule has 1 atom stereocenters. The molecule has 0 amide bonds. The monoisotopic (exact) mass is 237 g/mol. The summed E-state index contributed by atoms with van der Waals surface area (Å²) in [6.07, 6.45) is 1.81. The molecule has 1 rings (SSSR count). The highest BCUT2D eigenvalue weighted by molar-refractivity contribution is 5.52. The number of pyridine rings is 1. The molecule has 0 spiro atoms. The fraction of sp³-hybridized carbons (Fsp3) is 0.615. The van der Waals surface area contributed by atoms with Gasteiger partial charge >= 0.3 is 0 Å². The summed E-state index contributed by atoms with van der Waals surface area (Å²) in [6, 6.07) is 4.32. The van der Waals surface area contributed by atoms with E-state index in [2.05, 4.69) is 36.4 Å². The lowest BCUT2D eigenvalue weighted by Crippen LogP contribution is -2.30. The number of nitrogens with zero attached hydrogens (tertiary/aromatic N) is 1. The van der Waals surface area contributed by atoms with Gasteiger partial charge in [-0.15, -0.1) is 0 Å². The zero-order valence-electron chi connectivity index (χ0n) is 11.2. The third-order valence-electron chi connectivity index (χ3n) is 2.62. The summed E-state index contributed by atoms with van der Waals surface area (Å²) >= 11 is 0. The average Bonchev–Trinajstić information content (AvgIpc) is 2.29. The molecule has 0 fully saturated rings. The summed E-state index contributed by atoms with van der Waals surface area (Å²) in [5.74, 6) is 1.42. The SMILES string of the molecule is CCNc1cc(NC(COC)C(C)C)ccn1. The minimum absolute atomic E-state index is 0.317. The number of aromatic nitrogens is 1. The lowest BCUT2D eigenvalue weighted by atomic mass is 10.1. The predicted octanol–water partition coefficient (Wildman–Crippen LogP) is 2.60. The van der Waals surface area contributed by atoms with Crippen molar-refractivity contribution in [2.45, 2.75) is 26.8 Å². The Bertz CT molecular complexity index is 328. The highest BCUT2D eigenvalue weighted by atomic mass is 16.5. The third-order valence-corrected chi connectivity index (χ3v) is 2.62. The van der Waals surface area contributed by atoms with E-state index in [4.69, 9.17) is 4.74 Å². The highest BCUT2D eigenvalue weighted by Gasteiger charge is 2.12. The molecule has 0 aliphatic rings. The van der Waals surface area contributed by atoms with Crippen molar-refractivity contribution < 1.29 is 4.74 Å². The molecule has 1 aromatic rings. The number of methoxy groups -OCH3 is 1. The maximum absolute atomic E-state index is 5.22. The second kappa shape index (κ2) is 7.12. The van der Waals surface area contributed by atoms with E-state index in [-0.39, 0.29) is 0 Å². The van der Waals surface area contributed by atoms with Crippen LogP contribution in [0.2, 0.25) is 0 Å². The molecule has 0 saturated heterocycles. The number of hydrogen-bond donors (Lipinski definition) is 2. The van der Waals surface area contributed by atoms with Gasteiger partial charge in [-0.05, 0) is 18.9 Å². The van der Waals surface area contributed by atoms with E-state index < -0.39 is 0 Å². The van der Waals surface area contributed by atoms with Crippen molar-refractivity contribution in [2.75, 3.05) is 30.9 Å². The van der Waals surface area contributed by atoms with E-state index in [9.17, 15) is 0 Å². The number of anilines is 2. The van der Waals surface area contributed by atoms with Gasteiger partial charge in [-0.2, -0.15) is 0 Å². The first-order valence-electron chi connectivity index (χ1n) is 6.12. The summed E-state index contributed by atoms with van der Waals surface area (Å²) in [6.45, 7) is 8.01. The topological polar surface area (TPSA) is 46.2 Å². The van der Waals surface area contributed by atoms with Gasteiger partial charge < -0.3 is 15.4 Å². The zero-order chi connectivity index (χ0) is 12.7. The van der Waals surface area contributed by atoms with Crippen LogP contribution in [0.3, 0.4) is 0 Å². The lowest BCUT2D eigenvalue weighted by molar-refractivity contribution is 0.171. The van der Waals surface area contributed by atoms with E-state index in [1.165, 1.54) is 0 Å². The maximum Gasteiger partial charge on any atom is 0.127 e. The molecule has 1 aromatic heterocycles. The van der Waals surface area contributed by atoms with Crippen LogP contribution in [0.25, 0.3) is 0 Å². The molecule has 1 unspecified atom stereocenters. The van der Waals surface area contributed by atoms with Crippen molar-refractivity contribution in [2.24, 2.45) is 5.92 Å². The maximum atomic E-state index is 5.22. The van der Waals surface area contributed by atoms with E-state index in [1.807, 2.05) is 18.3 Å². The molecule has 0 aliphatic carbocycles. The summed E-state index contributed by atoms with van der Waals surface area (Å²) in [4.78, 5) is 4.24. The molecule has 0 radical (unpaired) electrons. The Kier molecular flexibility index (Phi) is 5.77. The van der Waals surface area contributed by atoms with Gasteiger partial charge in [0.25, 0.3) is 0 Å². The Balaban J connectivity index is 2.68. The van der Waals surface area contributed by atoms with E-state index >= 15 is 0 Å². The molecule has 0 aromatic carbocycles. The van der Waals surface area contributed by atoms with Crippen LogP contribution >= 0.6 is 0 Å². The Morgan fingerprint density at radius 2 is 2.18 bits per heavy atom. The molecular formula is C13H23N3O. The van der Waals surface area contributed by atoms with Crippen LogP contribution in [0.4, 0.5) is 11.5 Å². The fourth-order valence-corrected chi connectivity index (χ4v) is 1.59. The minimum Gasteiger partial charge on any atom is -0.383 e. The van der Waals surface area contributed by atoms with Gasteiger partial charge in [0.2, 0.25) is 0 Å². The van der Waals surface area contributed by atoms with Gasteiger partial charge in [-0.3, -0.25) is 0 Å². The molecule has 4 nitrogen and oxygen atoms in total. The Morgan fingerprint density at radius 1 is 1.41 bits per heavy atom. The molecule has 17 heavy (non-hydrogen) atoms. The van der Waals surface area contributed by atoms with Gasteiger partial charge in [-0.25, -0.2) is 4.98 Å². The first kappa shape index (κ1) is 13.8. The van der Waals surface area contributed by atoms with E-state index in [1.54, 1.807) is 7.11 Å². The first-order chi connectivity index (χ1) is 8.17. The second-order valence-corrected chi connectivity index (χ2v) is 4.41. The molecule has 1 heterocycles. The van der Waals surface area contributed by atoms with Gasteiger partial charge in [0.15, 0.2) is 0 Å². The van der Waals surface area contributed by atoms with E-state index in [0.29, 0.717) is 18.6 Å².